The van der Waals surface area contributed by atoms with Crippen molar-refractivity contribution < 1.29 is 48.0 Å². The number of nitrogens with zero attached hydrogens (tertiary/aromatic N) is 2. The van der Waals surface area contributed by atoms with Gasteiger partial charge in [-0.05, 0) is 71.4 Å². The number of alkyl carbamates (subject to hydrolysis) is 1. The summed E-state index contributed by atoms with van der Waals surface area (Å²) in [6.45, 7) is 11.2. The van der Waals surface area contributed by atoms with E-state index in [1.165, 1.54) is 24.0 Å². The number of aliphatic hydroxyl groups is 1. The Hall–Kier alpha value is -2.95. The average molecular weight is 826 g/mol. The molecule has 0 saturated carbocycles. The van der Waals surface area contributed by atoms with Crippen LogP contribution in [0.5, 0.6) is 5.75 Å². The summed E-state index contributed by atoms with van der Waals surface area (Å²) in [4.78, 5) is 56.9. The summed E-state index contributed by atoms with van der Waals surface area (Å²) in [5, 5.41) is 14.5. The first-order valence-corrected chi connectivity index (χ1v) is 21.2. The van der Waals surface area contributed by atoms with Crippen LogP contribution in [0.4, 0.5) is 10.5 Å². The topological polar surface area (TPSA) is 156 Å². The van der Waals surface area contributed by atoms with Crippen molar-refractivity contribution in [2.24, 2.45) is 5.92 Å². The number of hydrogen-bond donors (Lipinski definition) is 2. The second kappa shape index (κ2) is 18.1. The fourth-order valence-corrected chi connectivity index (χ4v) is 9.62. The Bertz CT molecular complexity index is 1680. The first-order chi connectivity index (χ1) is 25.7. The molecule has 3 heterocycles. The van der Waals surface area contributed by atoms with E-state index in [-0.39, 0.29) is 34.9 Å². The Kier molecular flexibility index (Phi) is 14.7. The van der Waals surface area contributed by atoms with Crippen LogP contribution >= 0.6 is 33.2 Å². The van der Waals surface area contributed by atoms with Crippen molar-refractivity contribution in [3.63, 3.8) is 0 Å². The van der Waals surface area contributed by atoms with Crippen molar-refractivity contribution in [2.45, 2.75) is 120 Å². The van der Waals surface area contributed by atoms with Crippen molar-refractivity contribution >= 4 is 62.8 Å². The zero-order valence-electron chi connectivity index (χ0n) is 33.6. The standard InChI is InChI=1S/C39H56ClN3O10S2/c1-22-13-12-14-29(50-10)39(48)21-28(51-36(47)41-39)23(2)34-38(6,53-34)30(20-32(45)43(8)26-18-25(17-22)19-27(49-9)33(26)40)52-35(46)24(3)42(7)31(44)15-16-37(4,5)55-54-11/h12-14,18-19,23-24,28-30,34,48H,15-17,20-21H2,1-11H3,(H,41,47)/t23-,24+,28+,29-,30-,34+,38+,39+/m1/s1. The van der Waals surface area contributed by atoms with E-state index in [0.29, 0.717) is 24.3 Å². The molecule has 2 saturated heterocycles. The summed E-state index contributed by atoms with van der Waals surface area (Å²) in [5.74, 6) is -1.50. The van der Waals surface area contributed by atoms with Gasteiger partial charge in [-0.1, -0.05) is 63.9 Å². The third kappa shape index (κ3) is 10.5. The number of hydrogen-bond acceptors (Lipinski definition) is 12. The fourth-order valence-electron chi connectivity index (χ4n) is 7.07. The predicted molar refractivity (Wildman–Crippen MR) is 215 cm³/mol. The van der Waals surface area contributed by atoms with Crippen LogP contribution in [-0.2, 0) is 39.8 Å². The quantitative estimate of drug-likeness (QED) is 0.160. The first kappa shape index (κ1) is 44.8. The second-order valence-electron chi connectivity index (χ2n) is 15.4. The number of halogens is 1. The summed E-state index contributed by atoms with van der Waals surface area (Å²) in [6.07, 6.45) is 3.81. The Balaban J connectivity index is 1.71. The van der Waals surface area contributed by atoms with Crippen LogP contribution in [0.3, 0.4) is 0 Å². The maximum atomic E-state index is 14.2. The normalized spacial score (nSPS) is 29.3. The smallest absolute Gasteiger partial charge is 0.409 e. The van der Waals surface area contributed by atoms with E-state index in [1.807, 2.05) is 26.2 Å². The molecule has 306 valence electrons. The summed E-state index contributed by atoms with van der Waals surface area (Å²) >= 11 is 6.78. The van der Waals surface area contributed by atoms with Gasteiger partial charge in [0.1, 0.15) is 40.7 Å². The molecule has 1 aromatic rings. The van der Waals surface area contributed by atoms with Crippen molar-refractivity contribution in [1.29, 1.82) is 0 Å². The van der Waals surface area contributed by atoms with Gasteiger partial charge in [0.25, 0.3) is 0 Å². The minimum atomic E-state index is -1.83. The van der Waals surface area contributed by atoms with Gasteiger partial charge in [0.2, 0.25) is 11.8 Å². The molecule has 0 radical (unpaired) electrons. The highest BCUT2D eigenvalue weighted by Gasteiger charge is 2.64. The van der Waals surface area contributed by atoms with Crippen molar-refractivity contribution in [3.05, 3.63) is 46.5 Å². The number of rotatable bonds is 10. The molecule has 1 aromatic carbocycles. The maximum absolute atomic E-state index is 14.2. The van der Waals surface area contributed by atoms with E-state index in [2.05, 4.69) is 19.2 Å². The second-order valence-corrected chi connectivity index (χ2v) is 18.9. The lowest BCUT2D eigenvalue weighted by Gasteiger charge is -2.42. The number of nitrogens with one attached hydrogen (secondary N) is 1. The van der Waals surface area contributed by atoms with Crippen molar-refractivity contribution in [1.82, 2.24) is 10.2 Å². The van der Waals surface area contributed by atoms with Crippen LogP contribution < -0.4 is 15.0 Å². The number of benzene rings is 1. The molecule has 0 unspecified atom stereocenters. The van der Waals surface area contributed by atoms with E-state index >= 15 is 0 Å². The minimum Gasteiger partial charge on any atom is -0.495 e. The Labute approximate surface area is 337 Å². The van der Waals surface area contributed by atoms with Gasteiger partial charge in [0.15, 0.2) is 5.72 Å². The zero-order valence-corrected chi connectivity index (χ0v) is 36.0. The van der Waals surface area contributed by atoms with Crippen molar-refractivity contribution in [2.75, 3.05) is 39.5 Å². The molecule has 0 aromatic heterocycles. The average Bonchev–Trinajstić information content (AvgIpc) is 3.82. The molecule has 0 spiro atoms. The van der Waals surface area contributed by atoms with E-state index in [9.17, 15) is 24.3 Å². The van der Waals surface area contributed by atoms with Gasteiger partial charge in [-0.15, -0.1) is 0 Å². The molecular formula is C39H56ClN3O10S2. The summed E-state index contributed by atoms with van der Waals surface area (Å²) in [7, 11) is 9.39. The predicted octanol–water partition coefficient (Wildman–Crippen LogP) is 6.08. The van der Waals surface area contributed by atoms with Crippen LogP contribution in [0.2, 0.25) is 5.02 Å². The number of carbonyl (C=O) groups excluding carboxylic acids is 4. The fraction of sp³-hybridized carbons (Fsp3) is 0.641. The van der Waals surface area contributed by atoms with Gasteiger partial charge in [0, 0.05) is 44.7 Å². The number of fused-ring (bicyclic) bond motifs is 5. The number of esters is 1. The number of amides is 3. The van der Waals surface area contributed by atoms with Gasteiger partial charge < -0.3 is 38.6 Å². The highest BCUT2D eigenvalue weighted by atomic mass is 35.5. The SMILES string of the molecule is COc1cc2cc(c1Cl)N(C)C(=O)C[C@@H](OC(=O)[C@H](C)N(C)C(=O)CCC(C)(C)SSC)[C@]1(C)O[C@H]1[C@H](C)[C@@H]1C[C@@](O)(NC(=O)O1)[C@H](OC)C=CC=C(C)C2. The van der Waals surface area contributed by atoms with Crippen LogP contribution in [0.25, 0.3) is 0 Å². The molecule has 3 aliphatic rings. The van der Waals surface area contributed by atoms with Gasteiger partial charge in [0.05, 0.1) is 25.3 Å². The van der Waals surface area contributed by atoms with Gasteiger partial charge in [-0.25, -0.2) is 9.59 Å². The molecule has 2 fully saturated rings. The summed E-state index contributed by atoms with van der Waals surface area (Å²) < 4.78 is 29.2. The van der Waals surface area contributed by atoms with Crippen molar-refractivity contribution in [3.8, 4) is 5.75 Å². The minimum absolute atomic E-state index is 0.0478. The molecule has 2 N–H and O–H groups in total. The highest BCUT2D eigenvalue weighted by molar-refractivity contribution is 8.76. The molecule has 3 aliphatic heterocycles. The third-order valence-electron chi connectivity index (χ3n) is 10.8. The van der Waals surface area contributed by atoms with Crippen LogP contribution in [0.1, 0.15) is 72.8 Å². The van der Waals surface area contributed by atoms with E-state index in [4.69, 9.17) is 35.3 Å². The van der Waals surface area contributed by atoms with Gasteiger partial charge in [-0.3, -0.25) is 14.9 Å². The van der Waals surface area contributed by atoms with Gasteiger partial charge in [-0.2, -0.15) is 0 Å². The Morgan fingerprint density at radius 3 is 2.58 bits per heavy atom. The lowest BCUT2D eigenvalue weighted by Crippen LogP contribution is -2.63. The number of epoxide rings is 1. The van der Waals surface area contributed by atoms with Crippen LogP contribution in [0, 0.1) is 5.92 Å². The molecule has 13 nitrogen and oxygen atoms in total. The molecule has 8 atom stereocenters. The van der Waals surface area contributed by atoms with Crippen LogP contribution in [0.15, 0.2) is 35.9 Å². The third-order valence-corrected chi connectivity index (χ3v) is 13.8. The largest absolute Gasteiger partial charge is 0.495 e. The number of carbonyl (C=O) groups is 4. The van der Waals surface area contributed by atoms with E-state index in [1.54, 1.807) is 73.8 Å². The molecule has 0 aliphatic carbocycles. The lowest BCUT2D eigenvalue weighted by atomic mass is 9.83. The molecule has 55 heavy (non-hydrogen) atoms. The van der Waals surface area contributed by atoms with E-state index < -0.39 is 65.7 Å². The summed E-state index contributed by atoms with van der Waals surface area (Å²) in [6, 6.07) is 2.62. The number of likely N-dealkylation sites (N-methyl/N-ethyl adjacent to an activating group) is 1. The number of methoxy groups -OCH3 is 2. The molecule has 4 rings (SSSR count). The number of allylic oxidation sites excluding steroid dienone is 3. The molecule has 16 heteroatoms. The van der Waals surface area contributed by atoms with Gasteiger partial charge >= 0.3 is 12.1 Å². The lowest BCUT2D eigenvalue weighted by molar-refractivity contribution is -0.162. The number of ether oxygens (including phenoxy) is 5. The van der Waals surface area contributed by atoms with E-state index in [0.717, 1.165) is 11.1 Å². The molecular weight excluding hydrogens is 770 g/mol. The van der Waals surface area contributed by atoms with Crippen LogP contribution in [-0.4, -0.2) is 115 Å². The monoisotopic (exact) mass is 825 g/mol. The first-order valence-electron chi connectivity index (χ1n) is 18.3. The molecule has 3 amide bonds. The highest BCUT2D eigenvalue weighted by Crippen LogP contribution is 2.49. The zero-order chi connectivity index (χ0) is 41.0. The number of anilines is 1. The Morgan fingerprint density at radius 2 is 1.95 bits per heavy atom. The molecule has 4 bridgehead atoms. The maximum Gasteiger partial charge on any atom is 0.409 e. The Morgan fingerprint density at radius 1 is 1.25 bits per heavy atom. The summed E-state index contributed by atoms with van der Waals surface area (Å²) in [5.41, 5.74) is -0.900.